The van der Waals surface area contributed by atoms with E-state index in [2.05, 4.69) is 48.8 Å². The largest absolute Gasteiger partial charge is 0.364 e. The first-order chi connectivity index (χ1) is 26.2. The maximum Gasteiger partial charge on any atom is 0.320 e. The molecule has 5 aliphatic rings. The zero-order valence-electron chi connectivity index (χ0n) is 30.3. The molecule has 3 fully saturated rings. The Kier molecular flexibility index (Phi) is 8.67. The number of piperidine rings is 2. The summed E-state index contributed by atoms with van der Waals surface area (Å²) in [5.74, 6) is -0.275. The minimum Gasteiger partial charge on any atom is -0.364 e. The number of aromatic nitrogens is 3. The van der Waals surface area contributed by atoms with Gasteiger partial charge in [-0.2, -0.15) is 0 Å². The van der Waals surface area contributed by atoms with Gasteiger partial charge in [-0.1, -0.05) is 17.3 Å². The summed E-state index contributed by atoms with van der Waals surface area (Å²) in [5, 5.41) is 11.0. The van der Waals surface area contributed by atoms with Crippen molar-refractivity contribution in [1.82, 2.24) is 35.1 Å². The van der Waals surface area contributed by atoms with Crippen molar-refractivity contribution in [3.63, 3.8) is 0 Å². The molecular formula is C39H44N10O5. The number of amides is 5. The number of hydrogen-bond acceptors (Lipinski definition) is 11. The van der Waals surface area contributed by atoms with E-state index in [0.29, 0.717) is 42.6 Å². The van der Waals surface area contributed by atoms with Crippen LogP contribution in [0, 0.1) is 5.92 Å². The number of carbonyl (C=O) groups excluding carboxylic acids is 4. The smallest absolute Gasteiger partial charge is 0.320 e. The number of primary amides is 1. The first-order valence-corrected chi connectivity index (χ1v) is 19.0. The Morgan fingerprint density at radius 1 is 1.02 bits per heavy atom. The predicted molar refractivity (Wildman–Crippen MR) is 199 cm³/mol. The number of anilines is 3. The van der Waals surface area contributed by atoms with Gasteiger partial charge in [-0.3, -0.25) is 24.6 Å². The zero-order valence-corrected chi connectivity index (χ0v) is 30.3. The maximum atomic E-state index is 12.7. The molecule has 2 aromatic heterocycles. The first kappa shape index (κ1) is 34.2. The SMILES string of the molecule is CN1CCN([C@@H]2CCCN(c3cnc(C(N)=O)c(Nc4ccc5c(c4)CCN(C[C@@H]4Cc6ccc7c(C8CCC(=O)NC8=O)noc7c6C4)C5)n3)C2)C1=O. The van der Waals surface area contributed by atoms with Gasteiger partial charge in [0.05, 0.1) is 18.2 Å². The van der Waals surface area contributed by atoms with Crippen LogP contribution in [0.4, 0.5) is 22.1 Å². The van der Waals surface area contributed by atoms with Crippen LogP contribution in [0.2, 0.25) is 0 Å². The number of carbonyl (C=O) groups is 4. The summed E-state index contributed by atoms with van der Waals surface area (Å²) in [6.07, 6.45) is 6.94. The van der Waals surface area contributed by atoms with Crippen LogP contribution in [0.3, 0.4) is 0 Å². The second kappa shape index (κ2) is 13.7. The van der Waals surface area contributed by atoms with Gasteiger partial charge >= 0.3 is 6.03 Å². The van der Waals surface area contributed by atoms with E-state index in [0.717, 1.165) is 88.0 Å². The summed E-state index contributed by atoms with van der Waals surface area (Å²) in [4.78, 5) is 67.0. The molecular weight excluding hydrogens is 688 g/mol. The van der Waals surface area contributed by atoms with E-state index in [9.17, 15) is 19.2 Å². The molecule has 4 N–H and O–H groups in total. The molecule has 4 aliphatic heterocycles. The van der Waals surface area contributed by atoms with Crippen LogP contribution in [0.25, 0.3) is 11.0 Å². The first-order valence-electron chi connectivity index (χ1n) is 19.0. The Balaban J connectivity index is 0.855. The van der Waals surface area contributed by atoms with E-state index in [-0.39, 0.29) is 29.6 Å². The lowest BCUT2D eigenvalue weighted by molar-refractivity contribution is -0.134. The van der Waals surface area contributed by atoms with Gasteiger partial charge in [0.25, 0.3) is 5.91 Å². The molecule has 2 aromatic carbocycles. The summed E-state index contributed by atoms with van der Waals surface area (Å²) in [5.41, 5.74) is 13.0. The standard InChI is InChI=1S/C39H44N10O5/c1-46-13-14-49(39(46)53)27-3-2-11-48(21-27)31-18-41-34(36(40)51)37(43-31)42-26-6-4-25-20-47(12-10-23(25)17-26)19-22-15-24-5-7-28-33(45-54-35(28)30(24)16-22)29-8-9-32(50)44-38(29)52/h4-7,17-18,22,27,29H,2-3,8-16,19-21H2,1H3,(H2,40,51)(H,42,43)(H,44,50,52)/t22-,27-,29?/m1/s1. The molecule has 15 nitrogen and oxygen atoms in total. The van der Waals surface area contributed by atoms with Crippen molar-refractivity contribution in [2.45, 2.75) is 63.5 Å². The zero-order chi connectivity index (χ0) is 37.1. The van der Waals surface area contributed by atoms with Crippen molar-refractivity contribution in [1.29, 1.82) is 0 Å². The lowest BCUT2D eigenvalue weighted by atomic mass is 9.92. The monoisotopic (exact) mass is 732 g/mol. The van der Waals surface area contributed by atoms with Gasteiger partial charge in [0.2, 0.25) is 11.8 Å². The van der Waals surface area contributed by atoms with Gasteiger partial charge in [-0.15, -0.1) is 0 Å². The minimum absolute atomic E-state index is 0.0657. The number of nitrogens with one attached hydrogen (secondary N) is 2. The molecule has 0 saturated carbocycles. The molecule has 3 saturated heterocycles. The van der Waals surface area contributed by atoms with Gasteiger partial charge in [0, 0.05) is 75.9 Å². The molecule has 15 heteroatoms. The highest BCUT2D eigenvalue weighted by molar-refractivity contribution is 6.02. The van der Waals surface area contributed by atoms with Crippen LogP contribution < -0.4 is 21.3 Å². The van der Waals surface area contributed by atoms with E-state index >= 15 is 0 Å². The van der Waals surface area contributed by atoms with Crippen molar-refractivity contribution >= 4 is 52.0 Å². The molecule has 5 amide bonds. The molecule has 1 unspecified atom stereocenters. The number of urea groups is 1. The lowest BCUT2D eigenvalue weighted by Gasteiger charge is -2.37. The molecule has 0 bridgehead atoms. The fraction of sp³-hybridized carbons (Fsp3) is 0.462. The average Bonchev–Trinajstić information content (AvgIpc) is 3.88. The van der Waals surface area contributed by atoms with E-state index in [1.807, 2.05) is 24.1 Å². The quantitative estimate of drug-likeness (QED) is 0.227. The summed E-state index contributed by atoms with van der Waals surface area (Å²) in [6, 6.07) is 10.6. The maximum absolute atomic E-state index is 12.7. The third-order valence-corrected chi connectivity index (χ3v) is 11.9. The van der Waals surface area contributed by atoms with Crippen LogP contribution in [0.5, 0.6) is 0 Å². The molecule has 1 aliphatic carbocycles. The van der Waals surface area contributed by atoms with Crippen LogP contribution in [-0.4, -0.2) is 106 Å². The van der Waals surface area contributed by atoms with Gasteiger partial charge < -0.3 is 30.3 Å². The lowest BCUT2D eigenvalue weighted by Crippen LogP contribution is -2.49. The molecule has 6 heterocycles. The van der Waals surface area contributed by atoms with E-state index < -0.39 is 11.8 Å². The summed E-state index contributed by atoms with van der Waals surface area (Å²) >= 11 is 0. The van der Waals surface area contributed by atoms with E-state index in [4.69, 9.17) is 15.2 Å². The Labute approximate surface area is 312 Å². The van der Waals surface area contributed by atoms with Crippen LogP contribution in [0.15, 0.2) is 41.1 Å². The molecule has 0 radical (unpaired) electrons. The number of likely N-dealkylation sites (N-methyl/N-ethyl adjacent to an activating group) is 1. The van der Waals surface area contributed by atoms with E-state index in [1.165, 1.54) is 22.3 Å². The number of benzene rings is 2. The highest BCUT2D eigenvalue weighted by atomic mass is 16.5. The molecule has 54 heavy (non-hydrogen) atoms. The second-order valence-corrected chi connectivity index (χ2v) is 15.4. The summed E-state index contributed by atoms with van der Waals surface area (Å²) in [7, 11) is 1.84. The number of imide groups is 1. The van der Waals surface area contributed by atoms with Crippen molar-refractivity contribution < 1.29 is 23.7 Å². The fourth-order valence-corrected chi connectivity index (χ4v) is 9.11. The van der Waals surface area contributed by atoms with Gasteiger partial charge in [-0.05, 0) is 79.3 Å². The Morgan fingerprint density at radius 3 is 2.70 bits per heavy atom. The number of hydrogen-bond donors (Lipinski definition) is 3. The third kappa shape index (κ3) is 6.29. The van der Waals surface area contributed by atoms with Crippen molar-refractivity contribution in [2.24, 2.45) is 11.7 Å². The minimum atomic E-state index is -0.653. The molecule has 0 spiro atoms. The average molecular weight is 733 g/mol. The third-order valence-electron chi connectivity index (χ3n) is 11.9. The van der Waals surface area contributed by atoms with Gasteiger partial charge in [-0.25, -0.2) is 14.8 Å². The fourth-order valence-electron chi connectivity index (χ4n) is 9.11. The number of nitrogens with two attached hydrogens (primary N) is 1. The number of nitrogens with zero attached hydrogens (tertiary/aromatic N) is 7. The Hall–Kier alpha value is -5.57. The normalized spacial score (nSPS) is 23.2. The van der Waals surface area contributed by atoms with Gasteiger partial charge in [0.1, 0.15) is 11.5 Å². The molecule has 3 atom stereocenters. The highest BCUT2D eigenvalue weighted by Crippen LogP contribution is 2.38. The van der Waals surface area contributed by atoms with Crippen LogP contribution >= 0.6 is 0 Å². The Morgan fingerprint density at radius 2 is 1.89 bits per heavy atom. The van der Waals surface area contributed by atoms with Crippen LogP contribution in [-0.2, 0) is 35.4 Å². The summed E-state index contributed by atoms with van der Waals surface area (Å²) < 4.78 is 5.86. The van der Waals surface area contributed by atoms with Crippen LogP contribution in [0.1, 0.15) is 70.0 Å². The van der Waals surface area contributed by atoms with Crippen molar-refractivity contribution in [3.8, 4) is 0 Å². The van der Waals surface area contributed by atoms with E-state index in [1.54, 1.807) is 11.1 Å². The number of rotatable bonds is 8. The highest BCUT2D eigenvalue weighted by Gasteiger charge is 2.36. The second-order valence-electron chi connectivity index (χ2n) is 15.4. The predicted octanol–water partition coefficient (Wildman–Crippen LogP) is 3.09. The topological polar surface area (TPSA) is 183 Å². The summed E-state index contributed by atoms with van der Waals surface area (Å²) in [6.45, 7) is 5.62. The number of fused-ring (bicyclic) bond motifs is 4. The van der Waals surface area contributed by atoms with Crippen molar-refractivity contribution in [2.75, 3.05) is 56.5 Å². The van der Waals surface area contributed by atoms with Gasteiger partial charge in [0.15, 0.2) is 17.1 Å². The Bertz CT molecular complexity index is 2190. The molecule has 9 rings (SSSR count). The molecule has 280 valence electrons. The van der Waals surface area contributed by atoms with Crippen molar-refractivity contribution in [3.05, 3.63) is 70.2 Å². The molecule has 4 aromatic rings.